The first-order valence-corrected chi connectivity index (χ1v) is 6.66. The van der Waals surface area contributed by atoms with Crippen molar-refractivity contribution in [1.29, 1.82) is 5.26 Å². The maximum Gasteiger partial charge on any atom is 0.408 e. The van der Waals surface area contributed by atoms with Gasteiger partial charge in [-0.05, 0) is 20.8 Å². The second-order valence-electron chi connectivity index (χ2n) is 4.98. The number of carbonyl (C=O) groups excluding carboxylic acids is 1. The number of carboxylic acids is 1. The van der Waals surface area contributed by atoms with Crippen molar-refractivity contribution in [3.63, 3.8) is 0 Å². The molecule has 0 aliphatic rings. The Kier molecular flexibility index (Phi) is 5.05. The van der Waals surface area contributed by atoms with Crippen molar-refractivity contribution in [1.82, 2.24) is 10.3 Å². The number of hydrogen-bond acceptors (Lipinski definition) is 6. The molecule has 1 atom stereocenters. The summed E-state index contributed by atoms with van der Waals surface area (Å²) in [5, 5.41) is 22.0. The van der Waals surface area contributed by atoms with E-state index in [0.717, 1.165) is 0 Å². The van der Waals surface area contributed by atoms with Gasteiger partial charge in [-0.1, -0.05) is 0 Å². The van der Waals surface area contributed by atoms with Crippen LogP contribution in [0.5, 0.6) is 0 Å². The Hall–Kier alpha value is -2.14. The standard InChI is InChI=1S/C12H15N3O4S/c1-12(2,3)19-11(18)15-8(10(16)17)4-9-14-7(5-13)6-20-9/h6,8H,4H2,1-3H3,(H,15,18)(H,16,17)/t8-/m0/s1. The Morgan fingerprint density at radius 3 is 2.70 bits per heavy atom. The van der Waals surface area contributed by atoms with Gasteiger partial charge in [0.15, 0.2) is 5.69 Å². The maximum atomic E-state index is 11.6. The zero-order valence-corrected chi connectivity index (χ0v) is 12.2. The van der Waals surface area contributed by atoms with Crippen LogP contribution in [0.15, 0.2) is 5.38 Å². The summed E-state index contributed by atoms with van der Waals surface area (Å²) in [6.07, 6.45) is -0.803. The van der Waals surface area contributed by atoms with Crippen molar-refractivity contribution < 1.29 is 19.4 Å². The maximum absolute atomic E-state index is 11.6. The zero-order valence-electron chi connectivity index (χ0n) is 11.3. The molecular weight excluding hydrogens is 282 g/mol. The smallest absolute Gasteiger partial charge is 0.408 e. The summed E-state index contributed by atoms with van der Waals surface area (Å²) in [6, 6.07) is 0.711. The van der Waals surface area contributed by atoms with Crippen LogP contribution in [-0.2, 0) is 16.0 Å². The molecule has 0 saturated heterocycles. The summed E-state index contributed by atoms with van der Waals surface area (Å²) >= 11 is 1.17. The molecule has 0 aromatic carbocycles. The molecular formula is C12H15N3O4S. The Morgan fingerprint density at radius 2 is 2.25 bits per heavy atom. The lowest BCUT2D eigenvalue weighted by molar-refractivity contribution is -0.139. The fourth-order valence-corrected chi connectivity index (χ4v) is 2.05. The lowest BCUT2D eigenvalue weighted by Gasteiger charge is -2.21. The molecule has 0 bridgehead atoms. The first kappa shape index (κ1) is 15.9. The van der Waals surface area contributed by atoms with E-state index in [4.69, 9.17) is 15.1 Å². The van der Waals surface area contributed by atoms with Crippen LogP contribution in [0.4, 0.5) is 4.79 Å². The molecule has 8 heteroatoms. The Bertz CT molecular complexity index is 542. The van der Waals surface area contributed by atoms with Gasteiger partial charge in [-0.25, -0.2) is 14.6 Å². The van der Waals surface area contributed by atoms with Gasteiger partial charge in [0.1, 0.15) is 17.7 Å². The van der Waals surface area contributed by atoms with E-state index in [-0.39, 0.29) is 12.1 Å². The van der Waals surface area contributed by atoms with Gasteiger partial charge in [0.25, 0.3) is 0 Å². The number of carboxylic acid groups (broad SMARTS) is 1. The highest BCUT2D eigenvalue weighted by Crippen LogP contribution is 2.12. The van der Waals surface area contributed by atoms with Crippen LogP contribution in [0.3, 0.4) is 0 Å². The number of nitriles is 1. The van der Waals surface area contributed by atoms with Crippen LogP contribution in [0.2, 0.25) is 0 Å². The Labute approximate surface area is 120 Å². The molecule has 2 N–H and O–H groups in total. The van der Waals surface area contributed by atoms with E-state index in [1.807, 2.05) is 6.07 Å². The molecule has 1 amide bonds. The van der Waals surface area contributed by atoms with Crippen molar-refractivity contribution in [3.05, 3.63) is 16.1 Å². The molecule has 0 unspecified atom stereocenters. The van der Waals surface area contributed by atoms with Crippen LogP contribution in [0.25, 0.3) is 0 Å². The number of thiazole rings is 1. The number of aromatic nitrogens is 1. The van der Waals surface area contributed by atoms with Crippen molar-refractivity contribution in [2.75, 3.05) is 0 Å². The topological polar surface area (TPSA) is 112 Å². The third-order valence-electron chi connectivity index (χ3n) is 2.03. The number of rotatable bonds is 4. The van der Waals surface area contributed by atoms with Crippen molar-refractivity contribution in [2.24, 2.45) is 0 Å². The van der Waals surface area contributed by atoms with Gasteiger partial charge < -0.3 is 15.2 Å². The summed E-state index contributed by atoms with van der Waals surface area (Å²) in [5.41, 5.74) is -0.478. The third kappa shape index (κ3) is 5.24. The molecule has 0 aliphatic heterocycles. The molecule has 7 nitrogen and oxygen atoms in total. The van der Waals surface area contributed by atoms with Crippen LogP contribution >= 0.6 is 11.3 Å². The first-order valence-electron chi connectivity index (χ1n) is 5.78. The van der Waals surface area contributed by atoms with Gasteiger partial charge in [0.2, 0.25) is 0 Å². The average Bonchev–Trinajstić information content (AvgIpc) is 2.73. The number of alkyl carbamates (subject to hydrolysis) is 1. The summed E-state index contributed by atoms with van der Waals surface area (Å²) < 4.78 is 5.00. The van der Waals surface area contributed by atoms with Crippen molar-refractivity contribution in [2.45, 2.75) is 38.8 Å². The van der Waals surface area contributed by atoms with E-state index in [0.29, 0.717) is 5.01 Å². The first-order chi connectivity index (χ1) is 9.21. The number of hydrogen-bond donors (Lipinski definition) is 2. The number of nitrogens with one attached hydrogen (secondary N) is 1. The second-order valence-corrected chi connectivity index (χ2v) is 5.92. The Morgan fingerprint density at radius 1 is 1.60 bits per heavy atom. The average molecular weight is 297 g/mol. The van der Waals surface area contributed by atoms with Gasteiger partial charge in [-0.3, -0.25) is 0 Å². The lowest BCUT2D eigenvalue weighted by Crippen LogP contribution is -2.44. The number of nitrogens with zero attached hydrogens (tertiary/aromatic N) is 2. The fraction of sp³-hybridized carbons (Fsp3) is 0.500. The number of carbonyl (C=O) groups is 2. The van der Waals surface area contributed by atoms with Gasteiger partial charge in [-0.2, -0.15) is 5.26 Å². The van der Waals surface area contributed by atoms with Gasteiger partial charge in [-0.15, -0.1) is 11.3 Å². The minimum Gasteiger partial charge on any atom is -0.480 e. The van der Waals surface area contributed by atoms with E-state index < -0.39 is 23.7 Å². The van der Waals surface area contributed by atoms with Crippen LogP contribution < -0.4 is 5.32 Å². The quantitative estimate of drug-likeness (QED) is 0.871. The molecule has 1 aromatic rings. The molecule has 0 radical (unpaired) electrons. The monoisotopic (exact) mass is 297 g/mol. The third-order valence-corrected chi connectivity index (χ3v) is 2.91. The van der Waals surface area contributed by atoms with E-state index in [1.54, 1.807) is 20.8 Å². The van der Waals surface area contributed by atoms with E-state index >= 15 is 0 Å². The highest BCUT2D eigenvalue weighted by Gasteiger charge is 2.25. The molecule has 0 spiro atoms. The van der Waals surface area contributed by atoms with Gasteiger partial charge in [0.05, 0.1) is 5.01 Å². The molecule has 1 aromatic heterocycles. The number of ether oxygens (including phenoxy) is 1. The zero-order chi connectivity index (χ0) is 15.3. The fourth-order valence-electron chi connectivity index (χ4n) is 1.28. The summed E-state index contributed by atoms with van der Waals surface area (Å²) in [6.45, 7) is 5.05. The predicted octanol–water partition coefficient (Wildman–Crippen LogP) is 1.54. The van der Waals surface area contributed by atoms with Crippen molar-refractivity contribution >= 4 is 23.4 Å². The predicted molar refractivity (Wildman–Crippen MR) is 71.3 cm³/mol. The van der Waals surface area contributed by atoms with Crippen molar-refractivity contribution in [3.8, 4) is 6.07 Å². The molecule has 1 rings (SSSR count). The summed E-state index contributed by atoms with van der Waals surface area (Å²) in [5.74, 6) is -1.19. The minimum atomic E-state index is -1.19. The molecule has 108 valence electrons. The lowest BCUT2D eigenvalue weighted by atomic mass is 10.2. The minimum absolute atomic E-state index is 0.000916. The normalized spacial score (nSPS) is 12.3. The largest absolute Gasteiger partial charge is 0.480 e. The Balaban J connectivity index is 2.68. The van der Waals surface area contributed by atoms with E-state index in [9.17, 15) is 9.59 Å². The summed E-state index contributed by atoms with van der Waals surface area (Å²) in [7, 11) is 0. The van der Waals surface area contributed by atoms with Crippen LogP contribution in [-0.4, -0.2) is 33.8 Å². The molecule has 1 heterocycles. The molecule has 0 aliphatic carbocycles. The highest BCUT2D eigenvalue weighted by atomic mass is 32.1. The highest BCUT2D eigenvalue weighted by molar-refractivity contribution is 7.09. The molecule has 20 heavy (non-hydrogen) atoms. The number of amides is 1. The molecule has 0 saturated carbocycles. The van der Waals surface area contributed by atoms with Gasteiger partial charge >= 0.3 is 12.1 Å². The molecule has 0 fully saturated rings. The number of aliphatic carboxylic acids is 1. The van der Waals surface area contributed by atoms with E-state index in [1.165, 1.54) is 16.7 Å². The second kappa shape index (κ2) is 6.34. The SMILES string of the molecule is CC(C)(C)OC(=O)N[C@@H](Cc1nc(C#N)cs1)C(=O)O. The van der Waals surface area contributed by atoms with E-state index in [2.05, 4.69) is 10.3 Å². The summed E-state index contributed by atoms with van der Waals surface area (Å²) in [4.78, 5) is 26.6. The van der Waals surface area contributed by atoms with Crippen LogP contribution in [0, 0.1) is 11.3 Å². The van der Waals surface area contributed by atoms with Gasteiger partial charge in [0, 0.05) is 11.8 Å². The van der Waals surface area contributed by atoms with Crippen LogP contribution in [0.1, 0.15) is 31.5 Å².